The van der Waals surface area contributed by atoms with Crippen LogP contribution < -0.4 is 5.32 Å². The molecular weight excluding hydrogens is 334 g/mol. The van der Waals surface area contributed by atoms with Gasteiger partial charge in [-0.05, 0) is 36.1 Å². The zero-order valence-electron chi connectivity index (χ0n) is 15.7. The van der Waals surface area contributed by atoms with Crippen LogP contribution in [0, 0.1) is 0 Å². The summed E-state index contributed by atoms with van der Waals surface area (Å²) < 4.78 is 0. The van der Waals surface area contributed by atoms with Crippen LogP contribution in [0.1, 0.15) is 42.0 Å². The Morgan fingerprint density at radius 3 is 1.78 bits per heavy atom. The van der Waals surface area contributed by atoms with E-state index in [0.29, 0.717) is 6.54 Å². The van der Waals surface area contributed by atoms with Crippen molar-refractivity contribution in [1.29, 1.82) is 0 Å². The van der Waals surface area contributed by atoms with E-state index in [9.17, 15) is 9.90 Å². The van der Waals surface area contributed by atoms with Crippen molar-refractivity contribution in [2.75, 3.05) is 0 Å². The molecule has 138 valence electrons. The highest BCUT2D eigenvalue weighted by Gasteiger charge is 2.22. The Morgan fingerprint density at radius 1 is 0.852 bits per heavy atom. The molecule has 0 saturated heterocycles. The molecule has 3 aromatic carbocycles. The predicted molar refractivity (Wildman–Crippen MR) is 108 cm³/mol. The maximum absolute atomic E-state index is 13.0. The molecule has 0 bridgehead atoms. The fourth-order valence-corrected chi connectivity index (χ4v) is 3.11. The molecule has 0 heterocycles. The van der Waals surface area contributed by atoms with Crippen molar-refractivity contribution in [3.05, 3.63) is 107 Å². The van der Waals surface area contributed by atoms with Crippen LogP contribution in [0.15, 0.2) is 84.9 Å². The zero-order chi connectivity index (χ0) is 19.3. The summed E-state index contributed by atoms with van der Waals surface area (Å²) in [6, 6.07) is 27.3. The second-order valence-electron chi connectivity index (χ2n) is 7.23. The Balaban J connectivity index is 1.75. The lowest BCUT2D eigenvalue weighted by atomic mass is 9.90. The Morgan fingerprint density at radius 2 is 1.33 bits per heavy atom. The van der Waals surface area contributed by atoms with Crippen molar-refractivity contribution < 1.29 is 9.90 Å². The summed E-state index contributed by atoms with van der Waals surface area (Å²) in [6.07, 6.45) is 0. The van der Waals surface area contributed by atoms with Gasteiger partial charge < -0.3 is 10.4 Å². The minimum atomic E-state index is -0.868. The summed E-state index contributed by atoms with van der Waals surface area (Å²) in [7, 11) is 0. The van der Waals surface area contributed by atoms with Gasteiger partial charge in [0.25, 0.3) is 0 Å². The highest BCUT2D eigenvalue weighted by atomic mass is 16.3. The number of hydrogen-bond acceptors (Lipinski definition) is 2. The third-order valence-electron chi connectivity index (χ3n) is 4.66. The fourth-order valence-electron chi connectivity index (χ4n) is 3.11. The maximum atomic E-state index is 13.0. The Hall–Kier alpha value is -2.91. The number of aliphatic hydroxyl groups is 1. The molecule has 0 radical (unpaired) electrons. The molecule has 0 unspecified atom stereocenters. The number of nitrogens with one attached hydrogen (secondary N) is 1. The Bertz CT molecular complexity index is 826. The standard InChI is InChI=1S/C24H25NO2/c1-24(2,27)21-15-13-18(14-16-21)17-25-23(26)22(19-9-5-3-6-10-19)20-11-7-4-8-12-20/h3-16,22,27H,17H2,1-2H3,(H,25,26). The van der Waals surface area contributed by atoms with Crippen LogP contribution in [0.3, 0.4) is 0 Å². The second-order valence-corrected chi connectivity index (χ2v) is 7.23. The summed E-state index contributed by atoms with van der Waals surface area (Å²) in [5, 5.41) is 13.1. The van der Waals surface area contributed by atoms with Gasteiger partial charge in [0.2, 0.25) is 5.91 Å². The molecule has 0 aliphatic rings. The number of rotatable bonds is 6. The SMILES string of the molecule is CC(C)(O)c1ccc(CNC(=O)C(c2ccccc2)c2ccccc2)cc1. The molecule has 0 fully saturated rings. The summed E-state index contributed by atoms with van der Waals surface area (Å²) in [5.41, 5.74) is 2.92. The van der Waals surface area contributed by atoms with E-state index in [1.807, 2.05) is 84.9 Å². The van der Waals surface area contributed by atoms with Crippen LogP contribution in [0.25, 0.3) is 0 Å². The molecule has 3 rings (SSSR count). The normalized spacial score (nSPS) is 11.4. The molecule has 0 aliphatic carbocycles. The number of amides is 1. The third kappa shape index (κ3) is 4.83. The third-order valence-corrected chi connectivity index (χ3v) is 4.66. The molecule has 3 heteroatoms. The van der Waals surface area contributed by atoms with E-state index >= 15 is 0 Å². The van der Waals surface area contributed by atoms with Crippen LogP contribution in [0.2, 0.25) is 0 Å². The van der Waals surface area contributed by atoms with Crippen molar-refractivity contribution in [3.63, 3.8) is 0 Å². The highest BCUT2D eigenvalue weighted by Crippen LogP contribution is 2.25. The maximum Gasteiger partial charge on any atom is 0.232 e. The minimum Gasteiger partial charge on any atom is -0.386 e. The molecule has 3 nitrogen and oxygen atoms in total. The first-order chi connectivity index (χ1) is 12.9. The molecule has 3 aromatic rings. The van der Waals surface area contributed by atoms with Crippen LogP contribution in [-0.2, 0) is 16.9 Å². The van der Waals surface area contributed by atoms with Crippen molar-refractivity contribution in [3.8, 4) is 0 Å². The lowest BCUT2D eigenvalue weighted by Gasteiger charge is -2.19. The van der Waals surface area contributed by atoms with Gasteiger partial charge in [-0.3, -0.25) is 4.79 Å². The van der Waals surface area contributed by atoms with Crippen molar-refractivity contribution in [2.45, 2.75) is 31.9 Å². The average Bonchev–Trinajstić information content (AvgIpc) is 2.68. The zero-order valence-corrected chi connectivity index (χ0v) is 15.7. The van der Waals surface area contributed by atoms with Crippen LogP contribution in [0.5, 0.6) is 0 Å². The molecule has 0 spiro atoms. The molecule has 0 aromatic heterocycles. The summed E-state index contributed by atoms with van der Waals surface area (Å²) >= 11 is 0. The van der Waals surface area contributed by atoms with Gasteiger partial charge in [-0.1, -0.05) is 84.9 Å². The Labute approximate surface area is 160 Å². The van der Waals surface area contributed by atoms with Gasteiger partial charge in [0.1, 0.15) is 0 Å². The molecule has 1 amide bonds. The van der Waals surface area contributed by atoms with Crippen molar-refractivity contribution >= 4 is 5.91 Å². The average molecular weight is 359 g/mol. The first kappa shape index (κ1) is 18.9. The quantitative estimate of drug-likeness (QED) is 0.687. The van der Waals surface area contributed by atoms with Crippen molar-refractivity contribution in [1.82, 2.24) is 5.32 Å². The number of carbonyl (C=O) groups is 1. The topological polar surface area (TPSA) is 49.3 Å². The van der Waals surface area contributed by atoms with E-state index in [1.54, 1.807) is 13.8 Å². The van der Waals surface area contributed by atoms with E-state index in [2.05, 4.69) is 5.32 Å². The summed E-state index contributed by atoms with van der Waals surface area (Å²) in [4.78, 5) is 13.0. The van der Waals surface area contributed by atoms with E-state index in [0.717, 1.165) is 22.3 Å². The van der Waals surface area contributed by atoms with Gasteiger partial charge in [0.15, 0.2) is 0 Å². The molecular formula is C24H25NO2. The minimum absolute atomic E-state index is 0.0287. The van der Waals surface area contributed by atoms with Gasteiger partial charge in [0.05, 0.1) is 11.5 Å². The van der Waals surface area contributed by atoms with Gasteiger partial charge in [-0.2, -0.15) is 0 Å². The van der Waals surface area contributed by atoms with E-state index in [-0.39, 0.29) is 11.8 Å². The van der Waals surface area contributed by atoms with E-state index in [4.69, 9.17) is 0 Å². The first-order valence-electron chi connectivity index (χ1n) is 9.14. The smallest absolute Gasteiger partial charge is 0.232 e. The fraction of sp³-hybridized carbons (Fsp3) is 0.208. The van der Waals surface area contributed by atoms with Crippen LogP contribution >= 0.6 is 0 Å². The summed E-state index contributed by atoms with van der Waals surface area (Å²) in [6.45, 7) is 3.96. The Kier molecular flexibility index (Phi) is 5.72. The van der Waals surface area contributed by atoms with Gasteiger partial charge in [-0.15, -0.1) is 0 Å². The number of carbonyl (C=O) groups excluding carboxylic acids is 1. The lowest BCUT2D eigenvalue weighted by molar-refractivity contribution is -0.121. The molecule has 0 saturated carbocycles. The van der Waals surface area contributed by atoms with Gasteiger partial charge >= 0.3 is 0 Å². The monoisotopic (exact) mass is 359 g/mol. The largest absolute Gasteiger partial charge is 0.386 e. The number of benzene rings is 3. The van der Waals surface area contributed by atoms with Crippen LogP contribution in [0.4, 0.5) is 0 Å². The molecule has 2 N–H and O–H groups in total. The van der Waals surface area contributed by atoms with E-state index in [1.165, 1.54) is 0 Å². The summed E-state index contributed by atoms with van der Waals surface area (Å²) in [5.74, 6) is -0.373. The molecule has 0 aliphatic heterocycles. The molecule has 27 heavy (non-hydrogen) atoms. The van der Waals surface area contributed by atoms with Crippen molar-refractivity contribution in [2.24, 2.45) is 0 Å². The van der Waals surface area contributed by atoms with Gasteiger partial charge in [0, 0.05) is 6.54 Å². The second kappa shape index (κ2) is 8.19. The first-order valence-corrected chi connectivity index (χ1v) is 9.14. The highest BCUT2D eigenvalue weighted by molar-refractivity contribution is 5.87. The number of hydrogen-bond donors (Lipinski definition) is 2. The molecule has 0 atom stereocenters. The van der Waals surface area contributed by atoms with E-state index < -0.39 is 5.60 Å². The van der Waals surface area contributed by atoms with Crippen LogP contribution in [-0.4, -0.2) is 11.0 Å². The predicted octanol–water partition coefficient (Wildman–Crippen LogP) is 4.36. The van der Waals surface area contributed by atoms with Gasteiger partial charge in [-0.25, -0.2) is 0 Å². The lowest BCUT2D eigenvalue weighted by Crippen LogP contribution is -2.29.